The number of hydrogen-bond acceptors (Lipinski definition) is 3. The molecule has 0 spiro atoms. The smallest absolute Gasteiger partial charge is 0.429 e. The van der Waals surface area contributed by atoms with Crippen LogP contribution in [0.3, 0.4) is 0 Å². The molecule has 4 rings (SSSR count). The maximum absolute atomic E-state index is 14.6. The summed E-state index contributed by atoms with van der Waals surface area (Å²) in [7, 11) is 0. The van der Waals surface area contributed by atoms with E-state index in [4.69, 9.17) is 9.47 Å². The number of halogens is 5. The van der Waals surface area contributed by atoms with E-state index in [0.717, 1.165) is 55.2 Å². The van der Waals surface area contributed by atoms with Gasteiger partial charge >= 0.3 is 6.11 Å². The van der Waals surface area contributed by atoms with Gasteiger partial charge in [0.05, 0.1) is 13.2 Å². The van der Waals surface area contributed by atoms with Crippen LogP contribution < -0.4 is 4.74 Å². The highest BCUT2D eigenvalue weighted by atomic mass is 19.3. The predicted molar refractivity (Wildman–Crippen MR) is 116 cm³/mol. The molecule has 3 nitrogen and oxygen atoms in total. The van der Waals surface area contributed by atoms with Gasteiger partial charge in [-0.3, -0.25) is 0 Å². The Hall–Kier alpha value is -2.19. The van der Waals surface area contributed by atoms with Crippen molar-refractivity contribution in [3.63, 3.8) is 0 Å². The average molecular weight is 485 g/mol. The lowest BCUT2D eigenvalue weighted by Gasteiger charge is -2.38. The fraction of sp³-hybridized carbons (Fsp3) is 0.538. The highest BCUT2D eigenvalue weighted by Crippen LogP contribution is 2.40. The molecule has 8 heteroatoms. The van der Waals surface area contributed by atoms with E-state index in [0.29, 0.717) is 19.1 Å². The Kier molecular flexibility index (Phi) is 7.77. The summed E-state index contributed by atoms with van der Waals surface area (Å²) in [5.74, 6) is -2.56. The molecule has 34 heavy (non-hydrogen) atoms. The number of ether oxygens (including phenoxy) is 3. The quantitative estimate of drug-likeness (QED) is 0.381. The van der Waals surface area contributed by atoms with Crippen molar-refractivity contribution in [1.29, 1.82) is 0 Å². The van der Waals surface area contributed by atoms with Gasteiger partial charge in [0.25, 0.3) is 0 Å². The van der Waals surface area contributed by atoms with Gasteiger partial charge in [-0.1, -0.05) is 32.6 Å². The molecule has 1 aliphatic heterocycles. The van der Waals surface area contributed by atoms with Gasteiger partial charge in [0.2, 0.25) is 0 Å². The Bertz CT molecular complexity index is 926. The zero-order valence-corrected chi connectivity index (χ0v) is 19.0. The zero-order chi connectivity index (χ0) is 24.3. The summed E-state index contributed by atoms with van der Waals surface area (Å²) in [5.41, 5.74) is -1.54. The van der Waals surface area contributed by atoms with Crippen LogP contribution in [0.1, 0.15) is 62.9 Å². The second-order valence-corrected chi connectivity index (χ2v) is 9.26. The van der Waals surface area contributed by atoms with Crippen LogP contribution in [-0.4, -0.2) is 13.2 Å². The zero-order valence-electron chi connectivity index (χ0n) is 19.0. The maximum Gasteiger partial charge on any atom is 0.432 e. The topological polar surface area (TPSA) is 27.7 Å². The van der Waals surface area contributed by atoms with E-state index < -0.39 is 41.2 Å². The van der Waals surface area contributed by atoms with Crippen LogP contribution in [0.25, 0.3) is 0 Å². The molecule has 0 radical (unpaired) electrons. The van der Waals surface area contributed by atoms with E-state index in [2.05, 4.69) is 11.7 Å². The first-order chi connectivity index (χ1) is 16.3. The van der Waals surface area contributed by atoms with Gasteiger partial charge in [-0.25, -0.2) is 13.2 Å². The molecular formula is C26H29F5O3. The molecule has 1 heterocycles. The number of benzene rings is 2. The normalized spacial score (nSPS) is 25.8. The van der Waals surface area contributed by atoms with Crippen LogP contribution in [0.15, 0.2) is 36.4 Å². The fourth-order valence-electron chi connectivity index (χ4n) is 5.05. The third kappa shape index (κ3) is 5.71. The predicted octanol–water partition coefficient (Wildman–Crippen LogP) is 7.50. The first kappa shape index (κ1) is 24.9. The molecule has 0 unspecified atom stereocenters. The summed E-state index contributed by atoms with van der Waals surface area (Å²) in [4.78, 5) is 0. The number of hydrogen-bond donors (Lipinski definition) is 0. The highest BCUT2D eigenvalue weighted by molar-refractivity contribution is 5.31. The molecule has 0 amide bonds. The largest absolute Gasteiger partial charge is 0.432 e. The molecule has 1 aliphatic carbocycles. The first-order valence-corrected chi connectivity index (χ1v) is 11.8. The Morgan fingerprint density at radius 3 is 2.03 bits per heavy atom. The maximum atomic E-state index is 14.6. The molecule has 2 aromatic carbocycles. The van der Waals surface area contributed by atoms with Gasteiger partial charge in [0.1, 0.15) is 28.8 Å². The lowest BCUT2D eigenvalue weighted by molar-refractivity contribution is -0.215. The number of alkyl halides is 2. The summed E-state index contributed by atoms with van der Waals surface area (Å²) in [6.07, 6.45) is 1.76. The third-order valence-corrected chi connectivity index (χ3v) is 6.87. The molecule has 186 valence electrons. The second kappa shape index (κ2) is 10.6. The average Bonchev–Trinajstić information content (AvgIpc) is 2.81. The van der Waals surface area contributed by atoms with Crippen molar-refractivity contribution in [1.82, 2.24) is 0 Å². The molecule has 1 saturated carbocycles. The van der Waals surface area contributed by atoms with Gasteiger partial charge in [0, 0.05) is 11.5 Å². The lowest BCUT2D eigenvalue weighted by atomic mass is 9.75. The van der Waals surface area contributed by atoms with Crippen molar-refractivity contribution >= 4 is 0 Å². The molecule has 0 bridgehead atoms. The molecule has 2 fully saturated rings. The summed E-state index contributed by atoms with van der Waals surface area (Å²) in [6.45, 7) is 2.98. The molecule has 0 aromatic heterocycles. The minimum atomic E-state index is -4.31. The van der Waals surface area contributed by atoms with Gasteiger partial charge in [0.15, 0.2) is 6.29 Å². The first-order valence-electron chi connectivity index (χ1n) is 11.8. The van der Waals surface area contributed by atoms with Crippen molar-refractivity contribution in [2.45, 2.75) is 57.8 Å². The Labute approximate surface area is 196 Å². The molecule has 2 aliphatic rings. The summed E-state index contributed by atoms with van der Waals surface area (Å²) >= 11 is 0. The number of rotatable bonds is 7. The van der Waals surface area contributed by atoms with Crippen LogP contribution in [-0.2, 0) is 15.6 Å². The van der Waals surface area contributed by atoms with E-state index >= 15 is 0 Å². The minimum absolute atomic E-state index is 0.0126. The van der Waals surface area contributed by atoms with Crippen molar-refractivity contribution in [3.05, 3.63) is 65.0 Å². The lowest BCUT2D eigenvalue weighted by Crippen LogP contribution is -2.34. The monoisotopic (exact) mass is 484 g/mol. The highest BCUT2D eigenvalue weighted by Gasteiger charge is 2.42. The van der Waals surface area contributed by atoms with E-state index in [-0.39, 0.29) is 11.5 Å². The van der Waals surface area contributed by atoms with Crippen molar-refractivity contribution in [3.8, 4) is 5.75 Å². The van der Waals surface area contributed by atoms with Gasteiger partial charge < -0.3 is 14.2 Å². The van der Waals surface area contributed by atoms with Gasteiger partial charge in [-0.2, -0.15) is 8.78 Å². The minimum Gasteiger partial charge on any atom is -0.429 e. The van der Waals surface area contributed by atoms with E-state index in [1.807, 2.05) is 0 Å². The van der Waals surface area contributed by atoms with Crippen LogP contribution in [0.2, 0.25) is 0 Å². The van der Waals surface area contributed by atoms with E-state index in [9.17, 15) is 22.0 Å². The van der Waals surface area contributed by atoms with Crippen LogP contribution in [0, 0.1) is 35.2 Å². The Morgan fingerprint density at radius 2 is 1.47 bits per heavy atom. The summed E-state index contributed by atoms with van der Waals surface area (Å²) in [6, 6.07) is 5.27. The molecular weight excluding hydrogens is 455 g/mol. The SMILES string of the molecule is CCCC1CCC(C2COC(c3cc(F)c(C(F)(F)Oc4ccc(F)cc4)c(F)c3)OC2)CC1. The standard InChI is InChI=1S/C26H29F5O3/c1-2-3-16-4-6-17(7-5-16)19-14-32-25(33-15-19)18-12-22(28)24(23(29)13-18)26(30,31)34-21-10-8-20(27)9-11-21/h8-13,16-17,19,25H,2-7,14-15H2,1H3. The Morgan fingerprint density at radius 1 is 0.882 bits per heavy atom. The second-order valence-electron chi connectivity index (χ2n) is 9.26. The third-order valence-electron chi connectivity index (χ3n) is 6.87. The molecule has 0 N–H and O–H groups in total. The Balaban J connectivity index is 1.39. The summed E-state index contributed by atoms with van der Waals surface area (Å²) in [5, 5.41) is 0. The van der Waals surface area contributed by atoms with Crippen LogP contribution in [0.5, 0.6) is 5.75 Å². The van der Waals surface area contributed by atoms with Crippen molar-refractivity contribution in [2.24, 2.45) is 17.8 Å². The summed E-state index contributed by atoms with van der Waals surface area (Å²) < 4.78 is 87.2. The van der Waals surface area contributed by atoms with Gasteiger partial charge in [-0.05, 0) is 61.1 Å². The van der Waals surface area contributed by atoms with E-state index in [1.54, 1.807) is 0 Å². The molecule has 2 aromatic rings. The molecule has 1 saturated heterocycles. The van der Waals surface area contributed by atoms with Crippen LogP contribution >= 0.6 is 0 Å². The fourth-order valence-corrected chi connectivity index (χ4v) is 5.05. The molecule has 0 atom stereocenters. The van der Waals surface area contributed by atoms with Gasteiger partial charge in [-0.15, -0.1) is 0 Å². The van der Waals surface area contributed by atoms with Crippen molar-refractivity contribution < 1.29 is 36.2 Å². The van der Waals surface area contributed by atoms with E-state index in [1.165, 1.54) is 25.7 Å². The van der Waals surface area contributed by atoms with Crippen LogP contribution in [0.4, 0.5) is 22.0 Å². The van der Waals surface area contributed by atoms with Crippen molar-refractivity contribution in [2.75, 3.05) is 13.2 Å².